The molecule has 0 radical (unpaired) electrons. The van der Waals surface area contributed by atoms with Crippen molar-refractivity contribution in [3.63, 3.8) is 0 Å². The van der Waals surface area contributed by atoms with Crippen molar-refractivity contribution in [1.29, 1.82) is 0 Å². The largest absolute Gasteiger partial charge is 0.387 e. The normalized spacial score (nSPS) is 16.7. The van der Waals surface area contributed by atoms with Crippen molar-refractivity contribution < 1.29 is 17.9 Å². The van der Waals surface area contributed by atoms with Crippen LogP contribution in [0.5, 0.6) is 0 Å². The second kappa shape index (κ2) is 6.03. The van der Waals surface area contributed by atoms with Crippen LogP contribution in [0.3, 0.4) is 0 Å². The van der Waals surface area contributed by atoms with E-state index < -0.39 is 21.9 Å². The van der Waals surface area contributed by atoms with Crippen LogP contribution in [0.2, 0.25) is 0 Å². The molecule has 6 nitrogen and oxygen atoms in total. The monoisotopic (exact) mass is 339 g/mol. The molecule has 23 heavy (non-hydrogen) atoms. The van der Waals surface area contributed by atoms with E-state index in [0.29, 0.717) is 5.56 Å². The van der Waals surface area contributed by atoms with Crippen LogP contribution < -0.4 is 0 Å². The predicted molar refractivity (Wildman–Crippen MR) is 81.5 cm³/mol. The SMILES string of the molecule is Cn1cc(S(=O)(=O)N(CC(O)c2ccc(F)cc2)C2CC2)cn1. The number of benzene rings is 1. The number of aromatic nitrogens is 2. The van der Waals surface area contributed by atoms with E-state index in [-0.39, 0.29) is 17.5 Å². The van der Waals surface area contributed by atoms with Crippen LogP contribution in [-0.4, -0.2) is 40.2 Å². The molecule has 0 spiro atoms. The molecule has 1 saturated carbocycles. The van der Waals surface area contributed by atoms with E-state index in [1.54, 1.807) is 7.05 Å². The first-order chi connectivity index (χ1) is 10.9. The summed E-state index contributed by atoms with van der Waals surface area (Å²) < 4.78 is 41.2. The van der Waals surface area contributed by atoms with E-state index in [9.17, 15) is 17.9 Å². The van der Waals surface area contributed by atoms with Gasteiger partial charge in [-0.15, -0.1) is 0 Å². The Kier molecular flexibility index (Phi) is 4.22. The van der Waals surface area contributed by atoms with Gasteiger partial charge in [-0.3, -0.25) is 4.68 Å². The average molecular weight is 339 g/mol. The van der Waals surface area contributed by atoms with Crippen LogP contribution in [0.1, 0.15) is 24.5 Å². The van der Waals surface area contributed by atoms with Crippen molar-refractivity contribution in [1.82, 2.24) is 14.1 Å². The fourth-order valence-electron chi connectivity index (χ4n) is 2.43. The quantitative estimate of drug-likeness (QED) is 0.864. The van der Waals surface area contributed by atoms with Gasteiger partial charge in [-0.25, -0.2) is 12.8 Å². The molecule has 0 aliphatic heterocycles. The Morgan fingerprint density at radius 3 is 2.57 bits per heavy atom. The highest BCUT2D eigenvalue weighted by atomic mass is 32.2. The lowest BCUT2D eigenvalue weighted by Crippen LogP contribution is -2.36. The number of sulfonamides is 1. The summed E-state index contributed by atoms with van der Waals surface area (Å²) in [6.07, 6.45) is 3.28. The summed E-state index contributed by atoms with van der Waals surface area (Å²) in [6, 6.07) is 5.31. The average Bonchev–Trinajstić information content (AvgIpc) is 3.25. The van der Waals surface area contributed by atoms with Crippen molar-refractivity contribution >= 4 is 10.0 Å². The minimum Gasteiger partial charge on any atom is -0.387 e. The molecule has 0 bridgehead atoms. The number of hydrogen-bond donors (Lipinski definition) is 1. The Bertz CT molecular complexity index is 785. The molecule has 1 aromatic heterocycles. The maximum atomic E-state index is 13.0. The molecule has 1 fully saturated rings. The first-order valence-corrected chi connectivity index (χ1v) is 8.76. The number of nitrogens with zero attached hydrogens (tertiary/aromatic N) is 3. The smallest absolute Gasteiger partial charge is 0.246 e. The number of aryl methyl sites for hydroxylation is 1. The Labute approximate surface area is 134 Å². The van der Waals surface area contributed by atoms with E-state index >= 15 is 0 Å². The van der Waals surface area contributed by atoms with Crippen LogP contribution in [0.25, 0.3) is 0 Å². The highest BCUT2D eigenvalue weighted by molar-refractivity contribution is 7.89. The zero-order valence-electron chi connectivity index (χ0n) is 12.6. The van der Waals surface area contributed by atoms with Gasteiger partial charge in [0.15, 0.2) is 0 Å². The molecule has 0 amide bonds. The molecule has 1 heterocycles. The molecular weight excluding hydrogens is 321 g/mol. The molecule has 1 atom stereocenters. The van der Waals surface area contributed by atoms with Crippen LogP contribution in [0.4, 0.5) is 4.39 Å². The third kappa shape index (κ3) is 3.44. The molecule has 1 aromatic carbocycles. The zero-order chi connectivity index (χ0) is 16.6. The number of rotatable bonds is 6. The van der Waals surface area contributed by atoms with Crippen LogP contribution >= 0.6 is 0 Å². The fraction of sp³-hybridized carbons (Fsp3) is 0.400. The van der Waals surface area contributed by atoms with Gasteiger partial charge in [0, 0.05) is 25.8 Å². The Balaban J connectivity index is 1.83. The van der Waals surface area contributed by atoms with Crippen molar-refractivity contribution in [2.24, 2.45) is 7.05 Å². The number of aliphatic hydroxyl groups is 1. The van der Waals surface area contributed by atoms with Crippen molar-refractivity contribution in [2.45, 2.75) is 29.9 Å². The fourth-order valence-corrected chi connectivity index (χ4v) is 4.11. The van der Waals surface area contributed by atoms with Gasteiger partial charge in [-0.2, -0.15) is 9.40 Å². The van der Waals surface area contributed by atoms with Crippen molar-refractivity contribution in [2.75, 3.05) is 6.54 Å². The molecule has 2 aromatic rings. The maximum absolute atomic E-state index is 13.0. The zero-order valence-corrected chi connectivity index (χ0v) is 13.4. The highest BCUT2D eigenvalue weighted by Crippen LogP contribution is 2.33. The summed E-state index contributed by atoms with van der Waals surface area (Å²) in [4.78, 5) is 0.109. The Morgan fingerprint density at radius 2 is 2.04 bits per heavy atom. The molecule has 1 unspecified atom stereocenters. The van der Waals surface area contributed by atoms with E-state index in [1.807, 2.05) is 0 Å². The van der Waals surface area contributed by atoms with Gasteiger partial charge in [-0.1, -0.05) is 12.1 Å². The molecule has 124 valence electrons. The Morgan fingerprint density at radius 1 is 1.39 bits per heavy atom. The van der Waals surface area contributed by atoms with Gasteiger partial charge in [0.2, 0.25) is 10.0 Å². The van der Waals surface area contributed by atoms with E-state index in [0.717, 1.165) is 12.8 Å². The summed E-state index contributed by atoms with van der Waals surface area (Å²) in [6.45, 7) is -0.0620. The number of hydrogen-bond acceptors (Lipinski definition) is 4. The van der Waals surface area contributed by atoms with Crippen LogP contribution in [-0.2, 0) is 17.1 Å². The standard InChI is InChI=1S/C15H18FN3O3S/c1-18-9-14(8-17-18)23(21,22)19(13-6-7-13)10-15(20)11-2-4-12(16)5-3-11/h2-5,8-9,13,15,20H,6-7,10H2,1H3. The van der Waals surface area contributed by atoms with E-state index in [4.69, 9.17) is 0 Å². The second-order valence-corrected chi connectivity index (χ2v) is 7.61. The van der Waals surface area contributed by atoms with Crippen molar-refractivity contribution in [3.05, 3.63) is 48.0 Å². The second-order valence-electron chi connectivity index (χ2n) is 5.72. The first kappa shape index (κ1) is 16.1. The molecule has 3 rings (SSSR count). The molecule has 1 aliphatic carbocycles. The summed E-state index contributed by atoms with van der Waals surface area (Å²) in [5.41, 5.74) is 0.485. The first-order valence-electron chi connectivity index (χ1n) is 7.32. The number of aliphatic hydroxyl groups excluding tert-OH is 1. The maximum Gasteiger partial charge on any atom is 0.246 e. The predicted octanol–water partition coefficient (Wildman–Crippen LogP) is 1.45. The van der Waals surface area contributed by atoms with Crippen molar-refractivity contribution in [3.8, 4) is 0 Å². The minimum atomic E-state index is -3.71. The summed E-state index contributed by atoms with van der Waals surface area (Å²) in [5, 5.41) is 14.2. The van der Waals surface area contributed by atoms with Gasteiger partial charge < -0.3 is 5.11 Å². The molecule has 1 aliphatic rings. The summed E-state index contributed by atoms with van der Waals surface area (Å²) >= 11 is 0. The van der Waals surface area contributed by atoms with Gasteiger partial charge in [0.25, 0.3) is 0 Å². The number of halogens is 1. The van der Waals surface area contributed by atoms with Gasteiger partial charge in [0.1, 0.15) is 10.7 Å². The minimum absolute atomic E-state index is 0.0620. The van der Waals surface area contributed by atoms with Crippen LogP contribution in [0.15, 0.2) is 41.6 Å². The summed E-state index contributed by atoms with van der Waals surface area (Å²) in [7, 11) is -2.07. The molecular formula is C15H18FN3O3S. The lowest BCUT2D eigenvalue weighted by molar-refractivity contribution is 0.145. The lowest BCUT2D eigenvalue weighted by atomic mass is 10.1. The highest BCUT2D eigenvalue weighted by Gasteiger charge is 2.39. The molecule has 8 heteroatoms. The van der Waals surface area contributed by atoms with E-state index in [2.05, 4.69) is 5.10 Å². The molecule has 1 N–H and O–H groups in total. The van der Waals surface area contributed by atoms with Crippen LogP contribution in [0, 0.1) is 5.82 Å². The van der Waals surface area contributed by atoms with E-state index in [1.165, 1.54) is 45.6 Å². The van der Waals surface area contributed by atoms with Gasteiger partial charge >= 0.3 is 0 Å². The topological polar surface area (TPSA) is 75.4 Å². The van der Waals surface area contributed by atoms with Gasteiger partial charge in [-0.05, 0) is 30.5 Å². The third-order valence-electron chi connectivity index (χ3n) is 3.85. The summed E-state index contributed by atoms with van der Waals surface area (Å²) in [5.74, 6) is -0.400. The molecule has 0 saturated heterocycles. The Hall–Kier alpha value is -1.77. The third-order valence-corrected chi connectivity index (χ3v) is 5.72. The lowest BCUT2D eigenvalue weighted by Gasteiger charge is -2.24. The van der Waals surface area contributed by atoms with Gasteiger partial charge in [0.05, 0.1) is 12.3 Å².